The van der Waals surface area contributed by atoms with Crippen LogP contribution in [0.15, 0.2) is 96.7 Å². The molecule has 280 valence electrons. The molecule has 53 heavy (non-hydrogen) atoms. The zero-order chi connectivity index (χ0) is 38.2. The number of hydrogen-bond acceptors (Lipinski definition) is 6. The van der Waals surface area contributed by atoms with Crippen LogP contribution in [0, 0.1) is 17.8 Å². The van der Waals surface area contributed by atoms with Crippen LogP contribution in [0.1, 0.15) is 58.2 Å². The molecule has 4 aromatic rings. The molecule has 7 atom stereocenters. The summed E-state index contributed by atoms with van der Waals surface area (Å²) in [5, 5.41) is 6.90. The van der Waals surface area contributed by atoms with E-state index >= 15 is 0 Å². The van der Waals surface area contributed by atoms with Gasteiger partial charge in [-0.25, -0.2) is 4.79 Å². The molecule has 10 heteroatoms. The summed E-state index contributed by atoms with van der Waals surface area (Å²) >= 11 is 0. The molecule has 2 heterocycles. The highest BCUT2D eigenvalue weighted by Crippen LogP contribution is 2.28. The lowest BCUT2D eigenvalue weighted by Crippen LogP contribution is -2.56. The number of aromatic amines is 1. The first kappa shape index (κ1) is 39.0. The number of amides is 3. The minimum atomic E-state index is -1.20. The van der Waals surface area contributed by atoms with Crippen molar-refractivity contribution < 1.29 is 28.7 Å². The summed E-state index contributed by atoms with van der Waals surface area (Å²) in [5.74, 6) is -2.17. The third kappa shape index (κ3) is 9.42. The fourth-order valence-electron chi connectivity index (χ4n) is 6.96. The van der Waals surface area contributed by atoms with Gasteiger partial charge in [-0.3, -0.25) is 14.4 Å². The predicted octanol–water partition coefficient (Wildman–Crippen LogP) is 6.38. The second-order valence-electron chi connectivity index (χ2n) is 14.5. The van der Waals surface area contributed by atoms with E-state index in [1.165, 1.54) is 12.0 Å². The summed E-state index contributed by atoms with van der Waals surface area (Å²) in [5.41, 5.74) is 5.37. The Morgan fingerprint density at radius 1 is 0.830 bits per heavy atom. The first-order valence-electron chi connectivity index (χ1n) is 18.3. The van der Waals surface area contributed by atoms with E-state index < -0.39 is 47.9 Å². The van der Waals surface area contributed by atoms with Gasteiger partial charge < -0.3 is 30.0 Å². The quantitative estimate of drug-likeness (QED) is 0.162. The molecule has 0 unspecified atom stereocenters. The van der Waals surface area contributed by atoms with Crippen molar-refractivity contribution in [2.75, 3.05) is 20.8 Å². The Bertz CT molecular complexity index is 1920. The van der Waals surface area contributed by atoms with Crippen molar-refractivity contribution in [1.29, 1.82) is 0 Å². The van der Waals surface area contributed by atoms with Crippen LogP contribution in [0.25, 0.3) is 22.0 Å². The molecule has 3 amide bonds. The van der Waals surface area contributed by atoms with Gasteiger partial charge in [0.1, 0.15) is 12.1 Å². The zero-order valence-electron chi connectivity index (χ0n) is 31.7. The van der Waals surface area contributed by atoms with Gasteiger partial charge in [-0.15, -0.1) is 0 Å². The molecule has 1 aliphatic heterocycles. The molecule has 1 aliphatic rings. The average Bonchev–Trinajstić information content (AvgIpc) is 3.57. The molecular formula is C43H52N4O6. The number of para-hydroxylation sites is 1. The van der Waals surface area contributed by atoms with E-state index in [0.29, 0.717) is 12.0 Å². The van der Waals surface area contributed by atoms with E-state index in [1.807, 2.05) is 113 Å². The number of ether oxygens (including phenoxy) is 2. The number of likely N-dealkylation sites (N-methyl/N-ethyl adjacent to an activating group) is 1. The molecule has 0 aliphatic carbocycles. The SMILES string of the molecule is CO[C@@H]1C(=O)OC[C@H](C)[C@H](C)/C=C(\C)C[C@H](C)C(=O)N[C@@H](C)C(=O)N(C)[C@H](Cc2c[nH]c3ccccc23)C(=O)N[C@H]1c1ccc(-c2ccccc2)cc1. The molecule has 0 saturated heterocycles. The van der Waals surface area contributed by atoms with Crippen LogP contribution in [-0.4, -0.2) is 72.5 Å². The molecular weight excluding hydrogens is 668 g/mol. The normalized spacial score (nSPS) is 26.7. The highest BCUT2D eigenvalue weighted by Gasteiger charge is 2.37. The number of rotatable bonds is 5. The molecule has 1 aromatic heterocycles. The largest absolute Gasteiger partial charge is 0.463 e. The zero-order valence-corrected chi connectivity index (χ0v) is 31.7. The number of methoxy groups -OCH3 is 1. The van der Waals surface area contributed by atoms with Crippen LogP contribution in [-0.2, 0) is 35.1 Å². The number of nitrogens with one attached hydrogen (secondary N) is 3. The summed E-state index contributed by atoms with van der Waals surface area (Å²) in [6, 6.07) is 22.4. The summed E-state index contributed by atoms with van der Waals surface area (Å²) in [7, 11) is 2.99. The maximum Gasteiger partial charge on any atom is 0.337 e. The molecule has 0 fully saturated rings. The molecule has 5 rings (SSSR count). The van der Waals surface area contributed by atoms with E-state index in [-0.39, 0.29) is 30.8 Å². The number of allylic oxidation sites excluding steroid dienone is 2. The van der Waals surface area contributed by atoms with Gasteiger partial charge in [-0.1, -0.05) is 105 Å². The van der Waals surface area contributed by atoms with Crippen LogP contribution >= 0.6 is 0 Å². The van der Waals surface area contributed by atoms with Gasteiger partial charge in [0.25, 0.3) is 0 Å². The molecule has 0 saturated carbocycles. The third-order valence-electron chi connectivity index (χ3n) is 10.4. The number of esters is 1. The molecule has 3 aromatic carbocycles. The molecule has 0 radical (unpaired) electrons. The number of H-pyrrole nitrogens is 1. The van der Waals surface area contributed by atoms with E-state index in [9.17, 15) is 19.2 Å². The number of carbonyl (C=O) groups is 4. The lowest BCUT2D eigenvalue weighted by Gasteiger charge is -2.33. The standard InChI is InChI=1S/C43H52N4O6/c1-26-21-27(2)29(4)25-53-43(51)39(52-7)38(33-19-17-32(18-20-33)31-13-9-8-10-14-31)46-41(49)37(23-34-24-44-36-16-12-11-15-35(34)36)47(6)42(50)30(5)45-40(48)28(3)22-26/h8-21,24,27-30,37-39,44H,22-23,25H2,1-7H3,(H,45,48)(H,46,49)/b26-21+/t27-,28+,29+,30+,37-,38+,39+/m1/s1. The highest BCUT2D eigenvalue weighted by molar-refractivity contribution is 5.93. The van der Waals surface area contributed by atoms with Crippen molar-refractivity contribution in [3.63, 3.8) is 0 Å². The minimum Gasteiger partial charge on any atom is -0.463 e. The Morgan fingerprint density at radius 3 is 2.19 bits per heavy atom. The van der Waals surface area contributed by atoms with Gasteiger partial charge in [0, 0.05) is 43.6 Å². The maximum absolute atomic E-state index is 14.6. The van der Waals surface area contributed by atoms with Crippen molar-refractivity contribution in [2.45, 2.75) is 71.7 Å². The Morgan fingerprint density at radius 2 is 1.49 bits per heavy atom. The number of benzene rings is 3. The van der Waals surface area contributed by atoms with E-state index in [0.717, 1.165) is 33.2 Å². The van der Waals surface area contributed by atoms with Gasteiger partial charge >= 0.3 is 5.97 Å². The smallest absolute Gasteiger partial charge is 0.337 e. The first-order valence-corrected chi connectivity index (χ1v) is 18.3. The van der Waals surface area contributed by atoms with Gasteiger partial charge in [-0.05, 0) is 60.4 Å². The topological polar surface area (TPSA) is 130 Å². The van der Waals surface area contributed by atoms with Crippen molar-refractivity contribution in [3.8, 4) is 11.1 Å². The monoisotopic (exact) mass is 720 g/mol. The summed E-state index contributed by atoms with van der Waals surface area (Å²) < 4.78 is 11.7. The summed E-state index contributed by atoms with van der Waals surface area (Å²) in [4.78, 5) is 60.5. The van der Waals surface area contributed by atoms with Gasteiger partial charge in [-0.2, -0.15) is 0 Å². The van der Waals surface area contributed by atoms with E-state index in [4.69, 9.17) is 9.47 Å². The van der Waals surface area contributed by atoms with Gasteiger partial charge in [0.15, 0.2) is 6.10 Å². The fourth-order valence-corrected chi connectivity index (χ4v) is 6.96. The average molecular weight is 721 g/mol. The van der Waals surface area contributed by atoms with Crippen LogP contribution in [0.5, 0.6) is 0 Å². The van der Waals surface area contributed by atoms with E-state index in [1.54, 1.807) is 14.0 Å². The van der Waals surface area contributed by atoms with Crippen LogP contribution in [0.4, 0.5) is 0 Å². The van der Waals surface area contributed by atoms with Gasteiger partial charge in [0.05, 0.1) is 12.6 Å². The van der Waals surface area contributed by atoms with Crippen molar-refractivity contribution in [1.82, 2.24) is 20.5 Å². The second kappa shape index (κ2) is 17.5. The fraction of sp³-hybridized carbons (Fsp3) is 0.395. The Labute approximate surface area is 312 Å². The molecule has 3 N–H and O–H groups in total. The van der Waals surface area contributed by atoms with E-state index in [2.05, 4.69) is 21.7 Å². The summed E-state index contributed by atoms with van der Waals surface area (Å²) in [6.07, 6.45) is 3.40. The number of nitrogens with zero attached hydrogens (tertiary/aromatic N) is 1. The molecule has 0 spiro atoms. The highest BCUT2D eigenvalue weighted by atomic mass is 16.6. The summed E-state index contributed by atoms with van der Waals surface area (Å²) in [6.45, 7) is 9.62. The Hall–Kier alpha value is -5.22. The van der Waals surface area contributed by atoms with Gasteiger partial charge in [0.2, 0.25) is 17.7 Å². The van der Waals surface area contributed by atoms with Crippen molar-refractivity contribution in [2.24, 2.45) is 17.8 Å². The third-order valence-corrected chi connectivity index (χ3v) is 10.4. The lowest BCUT2D eigenvalue weighted by atomic mass is 9.91. The lowest BCUT2D eigenvalue weighted by molar-refractivity contribution is -0.159. The number of fused-ring (bicyclic) bond motifs is 1. The van der Waals surface area contributed by atoms with Crippen LogP contribution in [0.3, 0.4) is 0 Å². The Kier molecular flexibility index (Phi) is 12.9. The number of hydrogen-bond donors (Lipinski definition) is 3. The van der Waals surface area contributed by atoms with Crippen LogP contribution in [0.2, 0.25) is 0 Å². The first-order chi connectivity index (χ1) is 25.4. The predicted molar refractivity (Wildman–Crippen MR) is 207 cm³/mol. The van der Waals surface area contributed by atoms with Crippen molar-refractivity contribution in [3.05, 3.63) is 108 Å². The second-order valence-corrected chi connectivity index (χ2v) is 14.5. The Balaban J connectivity index is 1.56. The van der Waals surface area contributed by atoms with Crippen molar-refractivity contribution >= 4 is 34.6 Å². The number of carbonyl (C=O) groups excluding carboxylic acids is 4. The maximum atomic E-state index is 14.6. The number of aromatic nitrogens is 1. The number of cyclic esters (lactones) is 1. The molecule has 0 bridgehead atoms. The van der Waals surface area contributed by atoms with Crippen LogP contribution < -0.4 is 10.6 Å². The molecule has 10 nitrogen and oxygen atoms in total. The minimum absolute atomic E-state index is 0.0392.